The van der Waals surface area contributed by atoms with Crippen LogP contribution in [-0.2, 0) is 4.74 Å². The fourth-order valence-corrected chi connectivity index (χ4v) is 3.29. The first-order chi connectivity index (χ1) is 14.4. The predicted molar refractivity (Wildman–Crippen MR) is 117 cm³/mol. The van der Waals surface area contributed by atoms with E-state index < -0.39 is 0 Å². The highest BCUT2D eigenvalue weighted by Gasteiger charge is 2.17. The molecule has 2 N–H and O–H groups in total. The summed E-state index contributed by atoms with van der Waals surface area (Å²) in [4.78, 5) is 24.9. The summed E-state index contributed by atoms with van der Waals surface area (Å²) in [6.07, 6.45) is 1.49. The van der Waals surface area contributed by atoms with Gasteiger partial charge >= 0.3 is 0 Å². The maximum Gasteiger partial charge on any atom is 0.259 e. The monoisotopic (exact) mass is 446 g/mol. The van der Waals surface area contributed by atoms with Crippen LogP contribution in [0.2, 0.25) is 10.0 Å². The van der Waals surface area contributed by atoms with Gasteiger partial charge in [0, 0.05) is 24.4 Å². The summed E-state index contributed by atoms with van der Waals surface area (Å²) < 4.78 is 6.54. The molecule has 1 aromatic heterocycles. The van der Waals surface area contributed by atoms with Crippen molar-refractivity contribution in [3.05, 3.63) is 75.5 Å². The molecule has 0 aliphatic carbocycles. The number of hydrogen-bond donors (Lipinski definition) is 2. The van der Waals surface area contributed by atoms with E-state index in [1.54, 1.807) is 43.0 Å². The number of ether oxygens (including phenoxy) is 1. The van der Waals surface area contributed by atoms with Gasteiger partial charge in [-0.05, 0) is 43.3 Å². The lowest BCUT2D eigenvalue weighted by molar-refractivity contribution is 0.0936. The molecule has 0 saturated carbocycles. The predicted octanol–water partition coefficient (Wildman–Crippen LogP) is 4.12. The molecule has 0 radical (unpaired) electrons. The molecule has 2 aromatic carbocycles. The number of carbonyl (C=O) groups excluding carboxylic acids is 2. The van der Waals surface area contributed by atoms with E-state index >= 15 is 0 Å². The Morgan fingerprint density at radius 3 is 2.60 bits per heavy atom. The van der Waals surface area contributed by atoms with Crippen LogP contribution in [0.1, 0.15) is 26.4 Å². The van der Waals surface area contributed by atoms with Crippen LogP contribution in [0.3, 0.4) is 0 Å². The van der Waals surface area contributed by atoms with Crippen molar-refractivity contribution < 1.29 is 14.3 Å². The Balaban J connectivity index is 1.74. The van der Waals surface area contributed by atoms with Crippen molar-refractivity contribution in [2.75, 3.05) is 25.6 Å². The highest BCUT2D eigenvalue weighted by Crippen LogP contribution is 2.23. The topological polar surface area (TPSA) is 85.2 Å². The molecule has 30 heavy (non-hydrogen) atoms. The van der Waals surface area contributed by atoms with Crippen LogP contribution in [0.25, 0.3) is 5.69 Å². The Kier molecular flexibility index (Phi) is 7.10. The zero-order valence-corrected chi connectivity index (χ0v) is 17.9. The Hall–Kier alpha value is -2.87. The number of carbonyl (C=O) groups is 2. The minimum Gasteiger partial charge on any atom is -0.383 e. The van der Waals surface area contributed by atoms with Gasteiger partial charge in [-0.15, -0.1) is 0 Å². The Morgan fingerprint density at radius 2 is 1.90 bits per heavy atom. The number of halogens is 2. The molecule has 1 heterocycles. The number of amides is 2. The molecular formula is C21H20Cl2N4O3. The summed E-state index contributed by atoms with van der Waals surface area (Å²) >= 11 is 12.3. The third-order valence-electron chi connectivity index (χ3n) is 4.37. The fourth-order valence-electron chi connectivity index (χ4n) is 2.84. The van der Waals surface area contributed by atoms with Crippen molar-refractivity contribution in [3.63, 3.8) is 0 Å². The van der Waals surface area contributed by atoms with E-state index in [2.05, 4.69) is 15.7 Å². The van der Waals surface area contributed by atoms with E-state index in [9.17, 15) is 9.59 Å². The van der Waals surface area contributed by atoms with Gasteiger partial charge in [0.05, 0.1) is 40.3 Å². The minimum atomic E-state index is -0.339. The highest BCUT2D eigenvalue weighted by molar-refractivity contribution is 6.34. The zero-order valence-electron chi connectivity index (χ0n) is 16.4. The molecule has 3 rings (SSSR count). The van der Waals surface area contributed by atoms with E-state index in [1.807, 2.05) is 12.1 Å². The molecule has 0 unspecified atom stereocenters. The average Bonchev–Trinajstić information content (AvgIpc) is 3.09. The van der Waals surface area contributed by atoms with Crippen molar-refractivity contribution in [2.24, 2.45) is 0 Å². The molecule has 0 aliphatic rings. The first-order valence-electron chi connectivity index (χ1n) is 9.09. The zero-order chi connectivity index (χ0) is 21.7. The molecule has 0 fully saturated rings. The maximum absolute atomic E-state index is 12.7. The van der Waals surface area contributed by atoms with Crippen LogP contribution in [0.5, 0.6) is 0 Å². The molecule has 2 amide bonds. The quantitative estimate of drug-likeness (QED) is 0.534. The third kappa shape index (κ3) is 4.99. The number of benzene rings is 2. The summed E-state index contributed by atoms with van der Waals surface area (Å²) in [5, 5.41) is 10.6. The number of nitrogens with one attached hydrogen (secondary N) is 2. The molecule has 0 bridgehead atoms. The number of hydrogen-bond acceptors (Lipinski definition) is 4. The number of methoxy groups -OCH3 is 1. The second-order valence-corrected chi connectivity index (χ2v) is 7.28. The van der Waals surface area contributed by atoms with Crippen LogP contribution in [0.15, 0.2) is 48.7 Å². The molecule has 7 nitrogen and oxygen atoms in total. The lowest BCUT2D eigenvalue weighted by Gasteiger charge is -2.10. The summed E-state index contributed by atoms with van der Waals surface area (Å²) in [7, 11) is 1.55. The average molecular weight is 447 g/mol. The standard InChI is InChI=1S/C21H20Cl2N4O3/c1-13-18(12-25-27(13)16-5-3-4-14(22)10-16)21(29)26-15-6-7-17(19(23)11-15)20(28)24-8-9-30-2/h3-7,10-12H,8-9H2,1-2H3,(H,24,28)(H,26,29). The van der Waals surface area contributed by atoms with E-state index in [4.69, 9.17) is 27.9 Å². The van der Waals surface area contributed by atoms with Crippen LogP contribution in [-0.4, -0.2) is 41.9 Å². The van der Waals surface area contributed by atoms with Crippen LogP contribution >= 0.6 is 23.2 Å². The van der Waals surface area contributed by atoms with Crippen molar-refractivity contribution in [2.45, 2.75) is 6.92 Å². The second-order valence-electron chi connectivity index (χ2n) is 6.43. The summed E-state index contributed by atoms with van der Waals surface area (Å²) in [6, 6.07) is 11.9. The smallest absolute Gasteiger partial charge is 0.259 e. The van der Waals surface area contributed by atoms with Crippen LogP contribution in [0.4, 0.5) is 5.69 Å². The normalized spacial score (nSPS) is 10.7. The van der Waals surface area contributed by atoms with Gasteiger partial charge in [-0.2, -0.15) is 5.10 Å². The van der Waals surface area contributed by atoms with Gasteiger partial charge in [0.1, 0.15) is 0 Å². The van der Waals surface area contributed by atoms with Crippen molar-refractivity contribution in [1.82, 2.24) is 15.1 Å². The minimum absolute atomic E-state index is 0.231. The largest absolute Gasteiger partial charge is 0.383 e. The summed E-state index contributed by atoms with van der Waals surface area (Å²) in [5.41, 5.74) is 2.61. The molecule has 3 aromatic rings. The SMILES string of the molecule is COCCNC(=O)c1ccc(NC(=O)c2cnn(-c3cccc(Cl)c3)c2C)cc1Cl. The fraction of sp³-hybridized carbons (Fsp3) is 0.190. The molecule has 0 aliphatic heterocycles. The van der Waals surface area contributed by atoms with Gasteiger partial charge < -0.3 is 15.4 Å². The van der Waals surface area contributed by atoms with Crippen molar-refractivity contribution >= 4 is 40.7 Å². The molecule has 156 valence electrons. The summed E-state index contributed by atoms with van der Waals surface area (Å²) in [5.74, 6) is -0.650. The van der Waals surface area contributed by atoms with Crippen molar-refractivity contribution in [1.29, 1.82) is 0 Å². The van der Waals surface area contributed by atoms with Crippen LogP contribution in [0, 0.1) is 6.92 Å². The number of nitrogens with zero attached hydrogens (tertiary/aromatic N) is 2. The van der Waals surface area contributed by atoms with Gasteiger partial charge in [0.15, 0.2) is 0 Å². The van der Waals surface area contributed by atoms with E-state index in [0.717, 1.165) is 5.69 Å². The molecule has 9 heteroatoms. The van der Waals surface area contributed by atoms with Gasteiger partial charge in [0.25, 0.3) is 11.8 Å². The first kappa shape index (κ1) is 21.8. The van der Waals surface area contributed by atoms with E-state index in [1.165, 1.54) is 12.3 Å². The van der Waals surface area contributed by atoms with Crippen molar-refractivity contribution in [3.8, 4) is 5.69 Å². The number of aromatic nitrogens is 2. The number of rotatable bonds is 7. The number of anilines is 1. The van der Waals surface area contributed by atoms with Gasteiger partial charge in [0.2, 0.25) is 0 Å². The molecule has 0 atom stereocenters. The van der Waals surface area contributed by atoms with Gasteiger partial charge in [-0.3, -0.25) is 9.59 Å². The van der Waals surface area contributed by atoms with Crippen LogP contribution < -0.4 is 10.6 Å². The maximum atomic E-state index is 12.7. The van der Waals surface area contributed by atoms with E-state index in [0.29, 0.717) is 40.7 Å². The molecular weight excluding hydrogens is 427 g/mol. The Morgan fingerprint density at radius 1 is 1.10 bits per heavy atom. The summed E-state index contributed by atoms with van der Waals surface area (Å²) in [6.45, 7) is 2.57. The lowest BCUT2D eigenvalue weighted by Crippen LogP contribution is -2.27. The first-order valence-corrected chi connectivity index (χ1v) is 9.85. The highest BCUT2D eigenvalue weighted by atomic mass is 35.5. The molecule has 0 saturated heterocycles. The van der Waals surface area contributed by atoms with E-state index in [-0.39, 0.29) is 16.8 Å². The lowest BCUT2D eigenvalue weighted by atomic mass is 10.1. The van der Waals surface area contributed by atoms with Gasteiger partial charge in [-0.1, -0.05) is 29.3 Å². The van der Waals surface area contributed by atoms with Gasteiger partial charge in [-0.25, -0.2) is 4.68 Å². The molecule has 0 spiro atoms. The third-order valence-corrected chi connectivity index (χ3v) is 4.92. The Bertz CT molecular complexity index is 1080. The second kappa shape index (κ2) is 9.75. The Labute approximate surface area is 183 Å².